The van der Waals surface area contributed by atoms with Crippen molar-refractivity contribution in [3.8, 4) is 0 Å². The Balaban J connectivity index is 2.78. The van der Waals surface area contributed by atoms with E-state index >= 15 is 0 Å². The van der Waals surface area contributed by atoms with Crippen LogP contribution in [0.25, 0.3) is 0 Å². The molecule has 1 rings (SSSR count). The smallest absolute Gasteiger partial charge is 0.326 e. The molecule has 1 aromatic rings. The van der Waals surface area contributed by atoms with Gasteiger partial charge in [0.05, 0.1) is 9.34 Å². The van der Waals surface area contributed by atoms with Gasteiger partial charge in [0, 0.05) is 7.05 Å². The highest BCUT2D eigenvalue weighted by atomic mass is 35.5. The van der Waals surface area contributed by atoms with Crippen LogP contribution in [0.1, 0.15) is 6.92 Å². The van der Waals surface area contributed by atoms with E-state index < -0.39 is 12.0 Å². The lowest BCUT2D eigenvalue weighted by Gasteiger charge is -2.21. The van der Waals surface area contributed by atoms with Crippen LogP contribution >= 0.6 is 22.9 Å². The molecule has 13 heavy (non-hydrogen) atoms. The Morgan fingerprint density at radius 3 is 2.69 bits per heavy atom. The van der Waals surface area contributed by atoms with Crippen LogP contribution < -0.4 is 4.90 Å². The first-order valence-corrected chi connectivity index (χ1v) is 4.93. The molecule has 1 aromatic heterocycles. The quantitative estimate of drug-likeness (QED) is 0.848. The molecule has 0 aromatic carbocycles. The zero-order chi connectivity index (χ0) is 10.0. The fourth-order valence-corrected chi connectivity index (χ4v) is 1.93. The average molecular weight is 220 g/mol. The minimum absolute atomic E-state index is 0.533. The van der Waals surface area contributed by atoms with Crippen LogP contribution in [0.15, 0.2) is 12.1 Å². The summed E-state index contributed by atoms with van der Waals surface area (Å²) in [6.07, 6.45) is 0. The van der Waals surface area contributed by atoms with Crippen molar-refractivity contribution in [2.75, 3.05) is 11.9 Å². The van der Waals surface area contributed by atoms with Crippen molar-refractivity contribution in [3.05, 3.63) is 16.5 Å². The van der Waals surface area contributed by atoms with Crippen molar-refractivity contribution in [1.29, 1.82) is 0 Å². The number of nitrogens with zero attached hydrogens (tertiary/aromatic N) is 1. The summed E-state index contributed by atoms with van der Waals surface area (Å²) in [5.74, 6) is -0.841. The molecule has 72 valence electrons. The Kier molecular flexibility index (Phi) is 3.17. The minimum atomic E-state index is -0.841. The Morgan fingerprint density at radius 2 is 2.31 bits per heavy atom. The van der Waals surface area contributed by atoms with Crippen LogP contribution in [0.3, 0.4) is 0 Å². The van der Waals surface area contributed by atoms with E-state index in [1.165, 1.54) is 11.3 Å². The maximum absolute atomic E-state index is 10.7. The van der Waals surface area contributed by atoms with Crippen LogP contribution in [0.4, 0.5) is 5.00 Å². The van der Waals surface area contributed by atoms with Gasteiger partial charge in [0.1, 0.15) is 6.04 Å². The summed E-state index contributed by atoms with van der Waals surface area (Å²) in [7, 11) is 1.74. The highest BCUT2D eigenvalue weighted by Crippen LogP contribution is 2.29. The second-order valence-electron chi connectivity index (χ2n) is 2.70. The number of thiophene rings is 1. The van der Waals surface area contributed by atoms with Gasteiger partial charge in [-0.2, -0.15) is 0 Å². The van der Waals surface area contributed by atoms with E-state index in [4.69, 9.17) is 16.7 Å². The Bertz CT molecular complexity index is 313. The van der Waals surface area contributed by atoms with Gasteiger partial charge in [0.15, 0.2) is 0 Å². The van der Waals surface area contributed by atoms with Crippen LogP contribution in [-0.4, -0.2) is 24.2 Å². The van der Waals surface area contributed by atoms with Crippen molar-refractivity contribution in [3.63, 3.8) is 0 Å². The fraction of sp³-hybridized carbons (Fsp3) is 0.375. The fourth-order valence-electron chi connectivity index (χ4n) is 0.851. The first kappa shape index (κ1) is 10.3. The molecule has 5 heteroatoms. The second kappa shape index (κ2) is 3.98. The lowest BCUT2D eigenvalue weighted by molar-refractivity contribution is -0.138. The Labute approximate surface area is 85.6 Å². The van der Waals surface area contributed by atoms with E-state index in [1.807, 2.05) is 6.07 Å². The number of carboxylic acid groups (broad SMARTS) is 1. The summed E-state index contributed by atoms with van der Waals surface area (Å²) in [6, 6.07) is 3.04. The van der Waals surface area contributed by atoms with E-state index in [0.29, 0.717) is 4.34 Å². The van der Waals surface area contributed by atoms with E-state index in [0.717, 1.165) is 5.00 Å². The first-order chi connectivity index (χ1) is 6.02. The molecule has 1 N–H and O–H groups in total. The molecule has 0 aliphatic carbocycles. The van der Waals surface area contributed by atoms with E-state index in [-0.39, 0.29) is 0 Å². The molecule has 0 amide bonds. The molecule has 1 unspecified atom stereocenters. The molecule has 0 saturated carbocycles. The Hall–Kier alpha value is -0.740. The van der Waals surface area contributed by atoms with Crippen LogP contribution in [0, 0.1) is 0 Å². The van der Waals surface area contributed by atoms with Crippen LogP contribution in [0.2, 0.25) is 4.34 Å². The standard InChI is InChI=1S/C8H10ClNO2S/c1-5(8(11)12)10(2)7-4-3-6(9)13-7/h3-5H,1-2H3,(H,11,12). The molecule has 0 spiro atoms. The topological polar surface area (TPSA) is 40.5 Å². The van der Waals surface area contributed by atoms with Crippen molar-refractivity contribution in [2.24, 2.45) is 0 Å². The molecule has 0 bridgehead atoms. The predicted molar refractivity (Wildman–Crippen MR) is 54.8 cm³/mol. The molecular weight excluding hydrogens is 210 g/mol. The monoisotopic (exact) mass is 219 g/mol. The number of carboxylic acids is 1. The molecular formula is C8H10ClNO2S. The third kappa shape index (κ3) is 2.35. The van der Waals surface area contributed by atoms with Gasteiger partial charge in [0.2, 0.25) is 0 Å². The molecule has 1 atom stereocenters. The highest BCUT2D eigenvalue weighted by Gasteiger charge is 2.18. The number of aliphatic carboxylic acids is 1. The van der Waals surface area contributed by atoms with Crippen molar-refractivity contribution >= 4 is 33.9 Å². The first-order valence-electron chi connectivity index (χ1n) is 3.73. The third-order valence-corrected chi connectivity index (χ3v) is 3.17. The van der Waals surface area contributed by atoms with Gasteiger partial charge in [-0.15, -0.1) is 11.3 Å². The number of halogens is 1. The van der Waals surface area contributed by atoms with Crippen molar-refractivity contribution < 1.29 is 9.90 Å². The van der Waals surface area contributed by atoms with Crippen molar-refractivity contribution in [2.45, 2.75) is 13.0 Å². The molecule has 0 radical (unpaired) electrons. The summed E-state index contributed by atoms with van der Waals surface area (Å²) in [6.45, 7) is 1.63. The second-order valence-corrected chi connectivity index (χ2v) is 4.40. The summed E-state index contributed by atoms with van der Waals surface area (Å²) >= 11 is 7.10. The maximum atomic E-state index is 10.7. The van der Waals surface area contributed by atoms with Crippen LogP contribution in [0.5, 0.6) is 0 Å². The normalized spacial score (nSPS) is 12.5. The zero-order valence-corrected chi connectivity index (χ0v) is 8.89. The summed E-state index contributed by atoms with van der Waals surface area (Å²) in [5.41, 5.74) is 0. The Morgan fingerprint density at radius 1 is 1.69 bits per heavy atom. The van der Waals surface area contributed by atoms with Crippen molar-refractivity contribution in [1.82, 2.24) is 0 Å². The molecule has 0 saturated heterocycles. The zero-order valence-electron chi connectivity index (χ0n) is 7.32. The molecule has 0 aliphatic rings. The maximum Gasteiger partial charge on any atom is 0.326 e. The number of rotatable bonds is 3. The summed E-state index contributed by atoms with van der Waals surface area (Å²) in [5, 5.41) is 9.61. The largest absolute Gasteiger partial charge is 0.480 e. The van der Waals surface area contributed by atoms with Gasteiger partial charge in [-0.3, -0.25) is 0 Å². The number of carbonyl (C=O) groups is 1. The lowest BCUT2D eigenvalue weighted by atomic mass is 10.3. The van der Waals surface area contributed by atoms with E-state index in [9.17, 15) is 4.79 Å². The molecule has 0 fully saturated rings. The van der Waals surface area contributed by atoms with E-state index in [1.54, 1.807) is 24.9 Å². The third-order valence-electron chi connectivity index (χ3n) is 1.84. The molecule has 3 nitrogen and oxygen atoms in total. The van der Waals surface area contributed by atoms with Gasteiger partial charge in [0.25, 0.3) is 0 Å². The van der Waals surface area contributed by atoms with Gasteiger partial charge in [-0.05, 0) is 19.1 Å². The van der Waals surface area contributed by atoms with Gasteiger partial charge in [-0.25, -0.2) is 4.79 Å². The molecule has 1 heterocycles. The number of anilines is 1. The van der Waals surface area contributed by atoms with E-state index in [2.05, 4.69) is 0 Å². The molecule has 0 aliphatic heterocycles. The van der Waals surface area contributed by atoms with Crippen LogP contribution in [-0.2, 0) is 4.79 Å². The van der Waals surface area contributed by atoms with Gasteiger partial charge >= 0.3 is 5.97 Å². The van der Waals surface area contributed by atoms with Gasteiger partial charge < -0.3 is 10.0 Å². The highest BCUT2D eigenvalue weighted by molar-refractivity contribution is 7.19. The summed E-state index contributed by atoms with van der Waals surface area (Å²) < 4.78 is 0.666. The number of hydrogen-bond donors (Lipinski definition) is 1. The predicted octanol–water partition coefficient (Wildman–Crippen LogP) is 2.31. The number of hydrogen-bond acceptors (Lipinski definition) is 3. The average Bonchev–Trinajstić information content (AvgIpc) is 2.49. The summed E-state index contributed by atoms with van der Waals surface area (Å²) in [4.78, 5) is 12.3. The number of likely N-dealkylation sites (N-methyl/N-ethyl adjacent to an activating group) is 1. The minimum Gasteiger partial charge on any atom is -0.480 e. The SMILES string of the molecule is CC(C(=O)O)N(C)c1ccc(Cl)s1. The lowest BCUT2D eigenvalue weighted by Crippen LogP contribution is -2.35. The van der Waals surface area contributed by atoms with Gasteiger partial charge in [-0.1, -0.05) is 11.6 Å².